The average Bonchev–Trinajstić information content (AvgIpc) is 3.03. The SMILES string of the molecule is CCOc1cc2ncc(C#N)c(Nc3ccc(OCc4ccccc4)c(Cl)c3)c2cc1NC(=O)C=CCN1CCC(O)(O)CC1. The third-order valence-corrected chi connectivity index (χ3v) is 7.67. The number of likely N-dealkylation sites (tertiary alicyclic amines) is 1. The Morgan fingerprint density at radius 2 is 1.89 bits per heavy atom. The van der Waals surface area contributed by atoms with Gasteiger partial charge in [0.1, 0.15) is 24.2 Å². The number of anilines is 3. The maximum atomic E-state index is 12.9. The molecule has 0 saturated carbocycles. The molecular weight excluding hydrogens is 594 g/mol. The second kappa shape index (κ2) is 14.4. The van der Waals surface area contributed by atoms with Crippen LogP contribution in [0.1, 0.15) is 30.9 Å². The van der Waals surface area contributed by atoms with Crippen molar-refractivity contribution in [2.45, 2.75) is 32.2 Å². The Kier molecular flexibility index (Phi) is 10.2. The summed E-state index contributed by atoms with van der Waals surface area (Å²) in [4.78, 5) is 19.4. The van der Waals surface area contributed by atoms with Crippen molar-refractivity contribution in [2.75, 3.05) is 36.9 Å². The van der Waals surface area contributed by atoms with Crippen LogP contribution in [0.3, 0.4) is 0 Å². The second-order valence-corrected chi connectivity index (χ2v) is 11.1. The van der Waals surface area contributed by atoms with Gasteiger partial charge in [-0.1, -0.05) is 48.0 Å². The fourth-order valence-electron chi connectivity index (χ4n) is 4.96. The lowest BCUT2D eigenvalue weighted by Gasteiger charge is -2.33. The van der Waals surface area contributed by atoms with E-state index in [1.807, 2.05) is 48.2 Å². The summed E-state index contributed by atoms with van der Waals surface area (Å²) in [6, 6.07) is 20.7. The molecule has 1 fully saturated rings. The van der Waals surface area contributed by atoms with E-state index in [2.05, 4.69) is 21.7 Å². The molecule has 0 bridgehead atoms. The van der Waals surface area contributed by atoms with Gasteiger partial charge in [0.25, 0.3) is 0 Å². The molecule has 3 aromatic carbocycles. The molecule has 2 heterocycles. The molecule has 0 atom stereocenters. The summed E-state index contributed by atoms with van der Waals surface area (Å²) in [7, 11) is 0. The van der Waals surface area contributed by atoms with Crippen molar-refractivity contribution in [3.63, 3.8) is 0 Å². The third kappa shape index (κ3) is 8.29. The molecule has 0 radical (unpaired) electrons. The Hall–Kier alpha value is -4.66. The molecule has 0 spiro atoms. The zero-order chi connectivity index (χ0) is 31.8. The smallest absolute Gasteiger partial charge is 0.248 e. The number of nitrogens with zero attached hydrogens (tertiary/aromatic N) is 3. The Morgan fingerprint density at radius 3 is 2.60 bits per heavy atom. The van der Waals surface area contributed by atoms with Gasteiger partial charge < -0.3 is 30.3 Å². The van der Waals surface area contributed by atoms with Crippen molar-refractivity contribution >= 4 is 45.5 Å². The number of halogens is 1. The van der Waals surface area contributed by atoms with Crippen molar-refractivity contribution in [1.82, 2.24) is 9.88 Å². The van der Waals surface area contributed by atoms with Crippen molar-refractivity contribution in [2.24, 2.45) is 0 Å². The number of benzene rings is 3. The number of hydrogen-bond acceptors (Lipinski definition) is 9. The predicted molar refractivity (Wildman–Crippen MR) is 174 cm³/mol. The van der Waals surface area contributed by atoms with Crippen LogP contribution in [0.4, 0.5) is 17.1 Å². The maximum Gasteiger partial charge on any atom is 0.248 e. The van der Waals surface area contributed by atoms with Gasteiger partial charge in [0.2, 0.25) is 5.91 Å². The highest BCUT2D eigenvalue weighted by molar-refractivity contribution is 6.32. The Bertz CT molecular complexity index is 1730. The summed E-state index contributed by atoms with van der Waals surface area (Å²) in [5, 5.41) is 36.6. The molecule has 1 aliphatic heterocycles. The number of piperidine rings is 1. The number of rotatable bonds is 11. The fourth-order valence-corrected chi connectivity index (χ4v) is 5.20. The van der Waals surface area contributed by atoms with Crippen LogP contribution >= 0.6 is 11.6 Å². The molecule has 4 N–H and O–H groups in total. The molecule has 1 amide bonds. The highest BCUT2D eigenvalue weighted by atomic mass is 35.5. The summed E-state index contributed by atoms with van der Waals surface area (Å²) in [5.41, 5.74) is 3.45. The van der Waals surface area contributed by atoms with Crippen molar-refractivity contribution in [1.29, 1.82) is 5.26 Å². The van der Waals surface area contributed by atoms with Crippen LogP contribution in [-0.4, -0.2) is 58.0 Å². The van der Waals surface area contributed by atoms with E-state index in [1.54, 1.807) is 30.3 Å². The van der Waals surface area contributed by atoms with Crippen LogP contribution in [0.15, 0.2) is 79.0 Å². The number of pyridine rings is 1. The molecule has 10 nitrogen and oxygen atoms in total. The number of aliphatic hydroxyl groups is 2. The van der Waals surface area contributed by atoms with E-state index in [1.165, 1.54) is 12.3 Å². The topological polar surface area (TPSA) is 140 Å². The minimum Gasteiger partial charge on any atom is -0.492 e. The van der Waals surface area contributed by atoms with Crippen LogP contribution in [0.25, 0.3) is 10.9 Å². The van der Waals surface area contributed by atoms with E-state index < -0.39 is 5.79 Å². The van der Waals surface area contributed by atoms with E-state index in [0.717, 1.165) is 5.56 Å². The van der Waals surface area contributed by atoms with Gasteiger partial charge in [0, 0.05) is 61.9 Å². The van der Waals surface area contributed by atoms with Crippen LogP contribution < -0.4 is 20.1 Å². The number of fused-ring (bicyclic) bond motifs is 1. The highest BCUT2D eigenvalue weighted by Gasteiger charge is 2.28. The normalized spacial score (nSPS) is 14.6. The van der Waals surface area contributed by atoms with Gasteiger partial charge in [0.05, 0.1) is 34.1 Å². The van der Waals surface area contributed by atoms with Crippen LogP contribution in [-0.2, 0) is 11.4 Å². The molecule has 0 unspecified atom stereocenters. The molecule has 11 heteroatoms. The number of nitrogens with one attached hydrogen (secondary N) is 2. The zero-order valence-electron chi connectivity index (χ0n) is 24.8. The van der Waals surface area contributed by atoms with Gasteiger partial charge in [-0.05, 0) is 36.8 Å². The first kappa shape index (κ1) is 31.8. The average molecular weight is 628 g/mol. The van der Waals surface area contributed by atoms with E-state index in [9.17, 15) is 20.3 Å². The monoisotopic (exact) mass is 627 g/mol. The molecule has 4 aromatic rings. The predicted octanol–water partition coefficient (Wildman–Crippen LogP) is 5.75. The number of aromatic nitrogens is 1. The summed E-state index contributed by atoms with van der Waals surface area (Å²) in [6.45, 7) is 4.14. The van der Waals surface area contributed by atoms with Gasteiger partial charge in [-0.15, -0.1) is 0 Å². The minimum atomic E-state index is -1.62. The fraction of sp³-hybridized carbons (Fsp3) is 0.265. The highest BCUT2D eigenvalue weighted by Crippen LogP contribution is 2.37. The van der Waals surface area contributed by atoms with Crippen LogP contribution in [0, 0.1) is 11.3 Å². The standard InChI is InChI=1S/C34H34ClN5O5/c1-2-44-31-19-28-26(18-29(31)39-32(41)9-6-14-40-15-12-34(42,43)13-16-40)33(24(20-36)21-37-28)38-25-10-11-30(27(35)17-25)45-22-23-7-4-3-5-8-23/h3-11,17-19,21,42-43H,2,12-16,22H2,1H3,(H,37,38)(H,39,41). The molecule has 1 saturated heterocycles. The second-order valence-electron chi connectivity index (χ2n) is 10.7. The Morgan fingerprint density at radius 1 is 1.11 bits per heavy atom. The van der Waals surface area contributed by atoms with Gasteiger partial charge in [-0.3, -0.25) is 14.7 Å². The largest absolute Gasteiger partial charge is 0.492 e. The Balaban J connectivity index is 1.36. The van der Waals surface area contributed by atoms with Gasteiger partial charge in [-0.25, -0.2) is 0 Å². The van der Waals surface area contributed by atoms with E-state index in [4.69, 9.17) is 21.1 Å². The van der Waals surface area contributed by atoms with Crippen LogP contribution in [0.5, 0.6) is 11.5 Å². The summed E-state index contributed by atoms with van der Waals surface area (Å²) in [5.74, 6) is -1.01. The van der Waals surface area contributed by atoms with Crippen molar-refractivity contribution in [3.05, 3.63) is 95.2 Å². The lowest BCUT2D eigenvalue weighted by molar-refractivity contribution is -0.188. The molecule has 1 aliphatic rings. The summed E-state index contributed by atoms with van der Waals surface area (Å²) >= 11 is 6.56. The molecular formula is C34H34ClN5O5. The molecule has 0 aliphatic carbocycles. The molecule has 232 valence electrons. The molecule has 45 heavy (non-hydrogen) atoms. The Labute approximate surface area is 266 Å². The van der Waals surface area contributed by atoms with Gasteiger partial charge >= 0.3 is 0 Å². The van der Waals surface area contributed by atoms with E-state index >= 15 is 0 Å². The van der Waals surface area contributed by atoms with Crippen molar-refractivity contribution in [3.8, 4) is 17.6 Å². The van der Waals surface area contributed by atoms with Crippen LogP contribution in [0.2, 0.25) is 5.02 Å². The number of carbonyl (C=O) groups is 1. The molecule has 5 rings (SSSR count). The zero-order valence-corrected chi connectivity index (χ0v) is 25.6. The number of ether oxygens (including phenoxy) is 2. The van der Waals surface area contributed by atoms with Gasteiger partial charge in [-0.2, -0.15) is 5.26 Å². The minimum absolute atomic E-state index is 0.259. The lowest BCUT2D eigenvalue weighted by atomic mass is 10.0. The molecule has 1 aromatic heterocycles. The van der Waals surface area contributed by atoms with Gasteiger partial charge in [0.15, 0.2) is 5.79 Å². The number of carbonyl (C=O) groups excluding carboxylic acids is 1. The van der Waals surface area contributed by atoms with Crippen molar-refractivity contribution < 1.29 is 24.5 Å². The maximum absolute atomic E-state index is 12.9. The lowest BCUT2D eigenvalue weighted by Crippen LogP contribution is -2.44. The van der Waals surface area contributed by atoms with E-state index in [0.29, 0.717) is 82.9 Å². The first-order chi connectivity index (χ1) is 21.7. The summed E-state index contributed by atoms with van der Waals surface area (Å²) in [6.07, 6.45) is 5.17. The number of hydrogen-bond donors (Lipinski definition) is 4. The number of amides is 1. The summed E-state index contributed by atoms with van der Waals surface area (Å²) < 4.78 is 11.7. The first-order valence-corrected chi connectivity index (χ1v) is 15.0. The third-order valence-electron chi connectivity index (χ3n) is 7.38. The first-order valence-electron chi connectivity index (χ1n) is 14.6. The quantitative estimate of drug-likeness (QED) is 0.121. The van der Waals surface area contributed by atoms with E-state index in [-0.39, 0.29) is 18.7 Å². The number of nitriles is 1.